The first-order chi connectivity index (χ1) is 19.6. The van der Waals surface area contributed by atoms with Gasteiger partial charge in [-0.1, -0.05) is 0 Å². The second-order valence-corrected chi connectivity index (χ2v) is 10.6. The summed E-state index contributed by atoms with van der Waals surface area (Å²) in [5.74, 6) is -2.58. The molecule has 0 radical (unpaired) electrons. The van der Waals surface area contributed by atoms with Gasteiger partial charge in [-0.3, -0.25) is 29.0 Å². The summed E-state index contributed by atoms with van der Waals surface area (Å²) in [4.78, 5) is 72.2. The van der Waals surface area contributed by atoms with Crippen LogP contribution in [0.4, 0.5) is 0 Å². The van der Waals surface area contributed by atoms with Crippen LogP contribution in [0.25, 0.3) is 0 Å². The van der Waals surface area contributed by atoms with Crippen molar-refractivity contribution in [2.75, 3.05) is 26.2 Å². The molecule has 2 saturated heterocycles. The highest BCUT2D eigenvalue weighted by Gasteiger charge is 2.39. The Hall–Kier alpha value is -3.46. The van der Waals surface area contributed by atoms with Crippen molar-refractivity contribution < 1.29 is 24.0 Å². The van der Waals surface area contributed by atoms with Gasteiger partial charge in [0, 0.05) is 13.1 Å². The number of amides is 5. The highest BCUT2D eigenvalue weighted by atomic mass is 16.2. The van der Waals surface area contributed by atoms with E-state index in [0.717, 1.165) is 0 Å². The fourth-order valence-corrected chi connectivity index (χ4v) is 5.00. The van der Waals surface area contributed by atoms with E-state index >= 15 is 0 Å². The molecule has 15 nitrogen and oxygen atoms in total. The van der Waals surface area contributed by atoms with E-state index < -0.39 is 59.7 Å². The predicted molar refractivity (Wildman–Crippen MR) is 154 cm³/mol. The van der Waals surface area contributed by atoms with Crippen LogP contribution in [0.2, 0.25) is 0 Å². The van der Waals surface area contributed by atoms with Crippen molar-refractivity contribution in [3.05, 3.63) is 0 Å². The van der Waals surface area contributed by atoms with Gasteiger partial charge in [0.15, 0.2) is 5.96 Å². The average Bonchev–Trinajstić information content (AvgIpc) is 3.42. The lowest BCUT2D eigenvalue weighted by Gasteiger charge is -2.30. The van der Waals surface area contributed by atoms with Gasteiger partial charge in [0.05, 0.1) is 0 Å². The average molecular weight is 581 g/mol. The summed E-state index contributed by atoms with van der Waals surface area (Å²) in [6.45, 7) is 2.95. The Morgan fingerprint density at radius 2 is 1.29 bits per heavy atom. The van der Waals surface area contributed by atoms with Crippen LogP contribution in [0.1, 0.15) is 71.1 Å². The van der Waals surface area contributed by atoms with Gasteiger partial charge in [-0.2, -0.15) is 0 Å². The van der Waals surface area contributed by atoms with Crippen molar-refractivity contribution in [3.63, 3.8) is 0 Å². The Kier molecular flexibility index (Phi) is 14.3. The van der Waals surface area contributed by atoms with Gasteiger partial charge >= 0.3 is 0 Å². The van der Waals surface area contributed by atoms with Gasteiger partial charge in [0.2, 0.25) is 29.5 Å². The number of rotatable bonds is 12. The van der Waals surface area contributed by atoms with Crippen molar-refractivity contribution in [1.82, 2.24) is 26.2 Å². The van der Waals surface area contributed by atoms with Crippen molar-refractivity contribution in [2.45, 2.75) is 101 Å². The molecule has 0 aromatic rings. The van der Waals surface area contributed by atoms with E-state index in [-0.39, 0.29) is 25.3 Å². The number of fused-ring (bicyclic) bond motifs is 1. The van der Waals surface area contributed by atoms with Crippen LogP contribution in [0, 0.1) is 0 Å². The number of nitrogens with one attached hydrogen (secondary N) is 4. The van der Waals surface area contributed by atoms with E-state index in [0.29, 0.717) is 71.0 Å². The smallest absolute Gasteiger partial charge is 0.245 e. The molecule has 2 aliphatic heterocycles. The minimum Gasteiger partial charge on any atom is -0.370 e. The third kappa shape index (κ3) is 10.8. The molecule has 5 amide bonds. The Bertz CT molecular complexity index is 942. The van der Waals surface area contributed by atoms with Gasteiger partial charge in [-0.25, -0.2) is 0 Å². The molecule has 0 bridgehead atoms. The lowest BCUT2D eigenvalue weighted by Crippen LogP contribution is -2.57. The van der Waals surface area contributed by atoms with Gasteiger partial charge in [0.1, 0.15) is 30.2 Å². The number of unbranched alkanes of at least 4 members (excludes halogenated alkanes) is 2. The van der Waals surface area contributed by atoms with Crippen molar-refractivity contribution >= 4 is 35.5 Å². The summed E-state index contributed by atoms with van der Waals surface area (Å²) < 4.78 is 0. The molecule has 15 heteroatoms. The zero-order valence-corrected chi connectivity index (χ0v) is 24.0. The van der Waals surface area contributed by atoms with Crippen LogP contribution in [0.5, 0.6) is 0 Å². The molecular weight excluding hydrogens is 532 g/mol. The Labute approximate surface area is 241 Å². The van der Waals surface area contributed by atoms with Gasteiger partial charge in [-0.05, 0) is 84.2 Å². The predicted octanol–water partition coefficient (Wildman–Crippen LogP) is -2.74. The maximum absolute atomic E-state index is 13.7. The number of carbonyl (C=O) groups is 5. The topological polar surface area (TPSA) is 253 Å². The fourth-order valence-electron chi connectivity index (χ4n) is 5.00. The zero-order valence-electron chi connectivity index (χ0n) is 24.0. The summed E-state index contributed by atoms with van der Waals surface area (Å²) in [6.07, 6.45) is 4.63. The van der Waals surface area contributed by atoms with E-state index in [1.807, 2.05) is 0 Å². The molecule has 5 atom stereocenters. The van der Waals surface area contributed by atoms with Crippen LogP contribution in [-0.4, -0.2) is 96.8 Å². The lowest BCUT2D eigenvalue weighted by atomic mass is 10.0. The van der Waals surface area contributed by atoms with Gasteiger partial charge in [-0.15, -0.1) is 0 Å². The normalized spacial score (nSPS) is 26.2. The molecule has 0 aromatic carbocycles. The number of hydrogen-bond acceptors (Lipinski definition) is 8. The Morgan fingerprint density at radius 1 is 0.756 bits per heavy atom. The van der Waals surface area contributed by atoms with E-state index in [4.69, 9.17) is 22.9 Å². The largest absolute Gasteiger partial charge is 0.370 e. The highest BCUT2D eigenvalue weighted by molar-refractivity contribution is 5.98. The molecule has 2 aliphatic rings. The summed E-state index contributed by atoms with van der Waals surface area (Å²) in [5.41, 5.74) is 22.1. The first-order valence-corrected chi connectivity index (χ1v) is 14.6. The summed E-state index contributed by atoms with van der Waals surface area (Å²) in [5, 5.41) is 11.0. The molecule has 2 fully saturated rings. The van der Waals surface area contributed by atoms with Gasteiger partial charge < -0.3 is 49.1 Å². The fraction of sp³-hybridized carbons (Fsp3) is 0.769. The molecule has 0 spiro atoms. The van der Waals surface area contributed by atoms with Gasteiger partial charge in [0.25, 0.3) is 0 Å². The third-order valence-electron chi connectivity index (χ3n) is 7.31. The summed E-state index contributed by atoms with van der Waals surface area (Å²) >= 11 is 0. The maximum atomic E-state index is 13.7. The summed E-state index contributed by atoms with van der Waals surface area (Å²) in [7, 11) is 0. The monoisotopic (exact) mass is 580 g/mol. The van der Waals surface area contributed by atoms with E-state index in [1.165, 1.54) is 11.8 Å². The molecule has 232 valence electrons. The maximum Gasteiger partial charge on any atom is 0.245 e. The molecule has 0 saturated carbocycles. The molecule has 2 rings (SSSR count). The molecule has 12 N–H and O–H groups in total. The molecule has 2 heterocycles. The second-order valence-electron chi connectivity index (χ2n) is 10.6. The molecule has 0 aromatic heterocycles. The van der Waals surface area contributed by atoms with Crippen molar-refractivity contribution in [2.24, 2.45) is 27.9 Å². The van der Waals surface area contributed by atoms with Crippen LogP contribution in [0.15, 0.2) is 4.99 Å². The van der Waals surface area contributed by atoms with E-state index in [1.54, 1.807) is 0 Å². The second kappa shape index (κ2) is 17.4. The molecule has 5 unspecified atom stereocenters. The van der Waals surface area contributed by atoms with Crippen LogP contribution in [-0.2, 0) is 24.0 Å². The molecule has 0 aliphatic carbocycles. The van der Waals surface area contributed by atoms with Crippen LogP contribution < -0.4 is 44.2 Å². The number of hydrogen-bond donors (Lipinski definition) is 8. The lowest BCUT2D eigenvalue weighted by molar-refractivity contribution is -0.142. The summed E-state index contributed by atoms with van der Waals surface area (Å²) in [6, 6.07) is -4.62. The van der Waals surface area contributed by atoms with E-state index in [9.17, 15) is 24.0 Å². The van der Waals surface area contributed by atoms with E-state index in [2.05, 4.69) is 26.3 Å². The number of carbonyl (C=O) groups excluding carboxylic acids is 5. The van der Waals surface area contributed by atoms with Crippen LogP contribution in [0.3, 0.4) is 0 Å². The first kappa shape index (κ1) is 33.7. The number of aliphatic imine (C=N–C) groups is 1. The quantitative estimate of drug-likeness (QED) is 0.0676. The highest BCUT2D eigenvalue weighted by Crippen LogP contribution is 2.20. The van der Waals surface area contributed by atoms with Crippen LogP contribution >= 0.6 is 0 Å². The zero-order chi connectivity index (χ0) is 30.4. The SMILES string of the molecule is CC1NC(=O)C2CCCN2C(=O)C(CCCN=C(N)N)NC(=O)C(CCCCN)NC(=O)C(CCCCN)NC1=O. The minimum absolute atomic E-state index is 0.0836. The van der Waals surface area contributed by atoms with Crippen molar-refractivity contribution in [1.29, 1.82) is 0 Å². The minimum atomic E-state index is -0.971. The van der Waals surface area contributed by atoms with Crippen molar-refractivity contribution in [3.8, 4) is 0 Å². The molecule has 41 heavy (non-hydrogen) atoms. The Balaban J connectivity index is 2.42. The third-order valence-corrected chi connectivity index (χ3v) is 7.31. The number of guanidine groups is 1. The molecular formula is C26H48N10O5. The number of nitrogens with two attached hydrogens (primary N) is 4. The Morgan fingerprint density at radius 3 is 1.85 bits per heavy atom. The number of nitrogens with zero attached hydrogens (tertiary/aromatic N) is 2. The standard InChI is InChI=1S/C26H48N10O5/c1-16-21(37)33-17(8-2-4-12-27)22(38)34-18(9-3-5-13-28)23(39)35-19(10-6-14-31-26(29)30)25(41)36-15-7-11-20(36)24(40)32-16/h16-20H,2-15,27-28H2,1H3,(H,32,40)(H,33,37)(H,34,38)(H,35,39)(H4,29,30,31). The first-order valence-electron chi connectivity index (χ1n) is 14.6.